The van der Waals surface area contributed by atoms with Gasteiger partial charge in [-0.2, -0.15) is 5.10 Å². The summed E-state index contributed by atoms with van der Waals surface area (Å²) in [4.78, 5) is 20.4. The second kappa shape index (κ2) is 12.2. The SMILES string of the molecule is CCCOC(=O)CNc1cccc(C(Cc2ccc(-n3cccn3)cc2)NS(=O)(=O)c2cccnc2)n1. The van der Waals surface area contributed by atoms with Crippen molar-refractivity contribution in [2.45, 2.75) is 30.7 Å². The number of aromatic nitrogens is 4. The van der Waals surface area contributed by atoms with Gasteiger partial charge in [0.05, 0.1) is 24.0 Å². The maximum Gasteiger partial charge on any atom is 0.325 e. The molecular formula is C26H28N6O4S. The summed E-state index contributed by atoms with van der Waals surface area (Å²) in [6.45, 7) is 2.23. The van der Waals surface area contributed by atoms with E-state index >= 15 is 0 Å². The maximum atomic E-state index is 13.1. The molecule has 3 heterocycles. The van der Waals surface area contributed by atoms with Gasteiger partial charge in [0.1, 0.15) is 17.3 Å². The van der Waals surface area contributed by atoms with E-state index in [4.69, 9.17) is 4.74 Å². The number of ether oxygens (including phenoxy) is 1. The highest BCUT2D eigenvalue weighted by atomic mass is 32.2. The van der Waals surface area contributed by atoms with Gasteiger partial charge < -0.3 is 10.1 Å². The minimum Gasteiger partial charge on any atom is -0.464 e. The second-order valence-corrected chi connectivity index (χ2v) is 9.92. The van der Waals surface area contributed by atoms with Crippen molar-refractivity contribution in [1.82, 2.24) is 24.5 Å². The first-order valence-corrected chi connectivity index (χ1v) is 13.3. The quantitative estimate of drug-likeness (QED) is 0.272. The number of hydrogen-bond donors (Lipinski definition) is 2. The lowest BCUT2D eigenvalue weighted by Crippen LogP contribution is -2.31. The average Bonchev–Trinajstić information content (AvgIpc) is 3.46. The molecule has 3 aromatic heterocycles. The minimum absolute atomic E-state index is 0.0442. The Hall–Kier alpha value is -4.09. The van der Waals surface area contributed by atoms with Gasteiger partial charge in [0.2, 0.25) is 10.0 Å². The van der Waals surface area contributed by atoms with E-state index in [1.54, 1.807) is 35.1 Å². The third kappa shape index (κ3) is 7.21. The highest BCUT2D eigenvalue weighted by molar-refractivity contribution is 7.89. The van der Waals surface area contributed by atoms with Gasteiger partial charge in [-0.25, -0.2) is 22.8 Å². The zero-order valence-corrected chi connectivity index (χ0v) is 21.1. The summed E-state index contributed by atoms with van der Waals surface area (Å²) in [6, 6.07) is 17.1. The Bertz CT molecular complexity index is 1390. The Labute approximate surface area is 215 Å². The van der Waals surface area contributed by atoms with Crippen LogP contribution >= 0.6 is 0 Å². The van der Waals surface area contributed by atoms with Crippen molar-refractivity contribution < 1.29 is 17.9 Å². The topological polar surface area (TPSA) is 128 Å². The van der Waals surface area contributed by atoms with Gasteiger partial charge in [-0.15, -0.1) is 0 Å². The smallest absolute Gasteiger partial charge is 0.325 e. The van der Waals surface area contributed by atoms with Gasteiger partial charge in [-0.3, -0.25) is 9.78 Å². The van der Waals surface area contributed by atoms with Crippen molar-refractivity contribution in [2.75, 3.05) is 18.5 Å². The molecule has 0 aliphatic carbocycles. The number of anilines is 1. The van der Waals surface area contributed by atoms with Crippen LogP contribution in [0.5, 0.6) is 0 Å². The molecule has 1 unspecified atom stereocenters. The molecule has 1 atom stereocenters. The van der Waals surface area contributed by atoms with Crippen LogP contribution in [-0.2, 0) is 26.0 Å². The van der Waals surface area contributed by atoms with Crippen LogP contribution in [0.2, 0.25) is 0 Å². The Morgan fingerprint density at radius 3 is 2.59 bits per heavy atom. The molecule has 0 radical (unpaired) electrons. The first-order valence-electron chi connectivity index (χ1n) is 11.8. The molecule has 0 aliphatic rings. The van der Waals surface area contributed by atoms with Crippen molar-refractivity contribution in [3.05, 3.63) is 96.7 Å². The second-order valence-electron chi connectivity index (χ2n) is 8.21. The Morgan fingerprint density at radius 2 is 1.89 bits per heavy atom. The number of rotatable bonds is 12. The summed E-state index contributed by atoms with van der Waals surface area (Å²) in [7, 11) is -3.88. The van der Waals surface area contributed by atoms with Crippen molar-refractivity contribution in [1.29, 1.82) is 0 Å². The molecule has 0 amide bonds. The van der Waals surface area contributed by atoms with E-state index in [2.05, 4.69) is 25.1 Å². The molecule has 1 aromatic carbocycles. The number of nitrogens with one attached hydrogen (secondary N) is 2. The highest BCUT2D eigenvalue weighted by Crippen LogP contribution is 2.22. The number of sulfonamides is 1. The van der Waals surface area contributed by atoms with Gasteiger partial charge in [0.15, 0.2) is 0 Å². The van der Waals surface area contributed by atoms with E-state index in [1.807, 2.05) is 43.5 Å². The molecule has 4 rings (SSSR count). The first kappa shape index (κ1) is 26.0. The van der Waals surface area contributed by atoms with E-state index < -0.39 is 16.1 Å². The number of carbonyl (C=O) groups excluding carboxylic acids is 1. The number of esters is 1. The van der Waals surface area contributed by atoms with Crippen LogP contribution in [0.15, 0.2) is 90.3 Å². The van der Waals surface area contributed by atoms with E-state index in [1.165, 1.54) is 18.5 Å². The molecule has 11 heteroatoms. The molecule has 4 aromatic rings. The summed E-state index contributed by atoms with van der Waals surface area (Å²) < 4.78 is 35.9. The maximum absolute atomic E-state index is 13.1. The fraction of sp³-hybridized carbons (Fsp3) is 0.231. The predicted molar refractivity (Wildman–Crippen MR) is 139 cm³/mol. The number of pyridine rings is 2. The number of carbonyl (C=O) groups is 1. The highest BCUT2D eigenvalue weighted by Gasteiger charge is 2.23. The van der Waals surface area contributed by atoms with Crippen molar-refractivity contribution >= 4 is 21.8 Å². The van der Waals surface area contributed by atoms with Crippen LogP contribution in [0.1, 0.15) is 30.6 Å². The lowest BCUT2D eigenvalue weighted by molar-refractivity contribution is -0.141. The zero-order valence-electron chi connectivity index (χ0n) is 20.3. The molecule has 2 N–H and O–H groups in total. The van der Waals surface area contributed by atoms with Gasteiger partial charge in [0.25, 0.3) is 0 Å². The summed E-state index contributed by atoms with van der Waals surface area (Å²) in [5.41, 5.74) is 2.29. The van der Waals surface area contributed by atoms with Crippen molar-refractivity contribution in [2.24, 2.45) is 0 Å². The van der Waals surface area contributed by atoms with Gasteiger partial charge >= 0.3 is 5.97 Å². The molecule has 0 aliphatic heterocycles. The summed E-state index contributed by atoms with van der Waals surface area (Å²) in [6.07, 6.45) is 7.44. The molecule has 0 saturated carbocycles. The third-order valence-corrected chi connectivity index (χ3v) is 6.85. The number of nitrogens with zero attached hydrogens (tertiary/aromatic N) is 4. The fourth-order valence-electron chi connectivity index (χ4n) is 3.58. The van der Waals surface area contributed by atoms with E-state index in [9.17, 15) is 13.2 Å². The standard InChI is InChI=1S/C26H28N6O4S/c1-2-16-36-26(33)19-28-25-8-3-7-23(30-25)24(31-37(34,35)22-6-4-13-27-18-22)17-20-9-11-21(12-10-20)32-15-5-14-29-32/h3-15,18,24,31H,2,16-17,19H2,1H3,(H,28,30). The lowest BCUT2D eigenvalue weighted by atomic mass is 10.0. The first-order chi connectivity index (χ1) is 17.9. The zero-order chi connectivity index (χ0) is 26.1. The Balaban J connectivity index is 1.57. The molecule has 0 bridgehead atoms. The Morgan fingerprint density at radius 1 is 1.05 bits per heavy atom. The minimum atomic E-state index is -3.88. The van der Waals surface area contributed by atoms with E-state index in [0.717, 1.165) is 17.7 Å². The van der Waals surface area contributed by atoms with Gasteiger partial charge in [-0.05, 0) is 60.9 Å². The third-order valence-electron chi connectivity index (χ3n) is 5.40. The van der Waals surface area contributed by atoms with Crippen LogP contribution in [0.25, 0.3) is 5.69 Å². The molecule has 0 fully saturated rings. The molecule has 192 valence electrons. The molecule has 0 saturated heterocycles. The fourth-order valence-corrected chi connectivity index (χ4v) is 4.76. The molecular weight excluding hydrogens is 492 g/mol. The molecule has 37 heavy (non-hydrogen) atoms. The number of benzene rings is 1. The lowest BCUT2D eigenvalue weighted by Gasteiger charge is -2.20. The number of hydrogen-bond acceptors (Lipinski definition) is 8. The normalized spacial score (nSPS) is 12.1. The summed E-state index contributed by atoms with van der Waals surface area (Å²) >= 11 is 0. The molecule has 0 spiro atoms. The van der Waals surface area contributed by atoms with Crippen LogP contribution in [0, 0.1) is 0 Å². The van der Waals surface area contributed by atoms with Crippen LogP contribution in [0.3, 0.4) is 0 Å². The summed E-state index contributed by atoms with van der Waals surface area (Å²) in [5, 5.41) is 7.18. The van der Waals surface area contributed by atoms with Crippen molar-refractivity contribution in [3.63, 3.8) is 0 Å². The van der Waals surface area contributed by atoms with Gasteiger partial charge in [-0.1, -0.05) is 25.1 Å². The van der Waals surface area contributed by atoms with Gasteiger partial charge in [0, 0.05) is 24.8 Å². The summed E-state index contributed by atoms with van der Waals surface area (Å²) in [5.74, 6) is 0.0470. The van der Waals surface area contributed by atoms with Crippen LogP contribution in [-0.4, -0.2) is 47.3 Å². The van der Waals surface area contributed by atoms with E-state index in [0.29, 0.717) is 24.5 Å². The van der Waals surface area contributed by atoms with Crippen LogP contribution in [0.4, 0.5) is 5.82 Å². The average molecular weight is 521 g/mol. The predicted octanol–water partition coefficient (Wildman–Crippen LogP) is 3.29. The van der Waals surface area contributed by atoms with Crippen molar-refractivity contribution in [3.8, 4) is 5.69 Å². The van der Waals surface area contributed by atoms with E-state index in [-0.39, 0.29) is 17.4 Å². The monoisotopic (exact) mass is 520 g/mol. The largest absolute Gasteiger partial charge is 0.464 e. The molecule has 10 nitrogen and oxygen atoms in total. The Kier molecular flexibility index (Phi) is 8.60. The van der Waals surface area contributed by atoms with Crippen LogP contribution < -0.4 is 10.0 Å².